The molecule has 4 aliphatic rings. The third-order valence-electron chi connectivity index (χ3n) is 9.84. The van der Waals surface area contributed by atoms with Crippen molar-refractivity contribution in [2.75, 3.05) is 42.6 Å². The van der Waals surface area contributed by atoms with Crippen LogP contribution in [0.2, 0.25) is 0 Å². The first-order valence-corrected chi connectivity index (χ1v) is 15.7. The van der Waals surface area contributed by atoms with Gasteiger partial charge in [0.25, 0.3) is 5.91 Å². The summed E-state index contributed by atoms with van der Waals surface area (Å²) in [6.07, 6.45) is 3.79. The lowest BCUT2D eigenvalue weighted by molar-refractivity contribution is 0.0996. The fraction of sp³-hybridized carbons (Fsp3) is 0.471. The third kappa shape index (κ3) is 5.05. The smallest absolute Gasteiger partial charge is 0.318 e. The van der Waals surface area contributed by atoms with Crippen LogP contribution < -0.4 is 14.5 Å². The van der Waals surface area contributed by atoms with Crippen LogP contribution in [0.15, 0.2) is 30.8 Å². The van der Waals surface area contributed by atoms with Gasteiger partial charge < -0.3 is 19.6 Å². The molecule has 0 spiro atoms. The molecule has 2 aromatic carbocycles. The predicted molar refractivity (Wildman–Crippen MR) is 167 cm³/mol. The number of carbonyl (C=O) groups excluding carboxylic acids is 1. The second kappa shape index (κ2) is 11.2. The summed E-state index contributed by atoms with van der Waals surface area (Å²) >= 11 is 0. The Balaban J connectivity index is 1.32. The molecule has 1 aromatic heterocycles. The van der Waals surface area contributed by atoms with E-state index in [1.807, 2.05) is 4.90 Å². The van der Waals surface area contributed by atoms with Crippen LogP contribution in [0, 0.1) is 23.1 Å². The number of alkyl halides is 1. The Morgan fingerprint density at radius 1 is 1.22 bits per heavy atom. The van der Waals surface area contributed by atoms with Crippen molar-refractivity contribution in [1.82, 2.24) is 14.9 Å². The molecular weight excluding hydrogens is 578 g/mol. The Morgan fingerprint density at radius 3 is 2.87 bits per heavy atom. The van der Waals surface area contributed by atoms with Crippen molar-refractivity contribution >= 4 is 33.8 Å². The maximum Gasteiger partial charge on any atom is 0.318 e. The third-order valence-corrected chi connectivity index (χ3v) is 9.84. The maximum absolute atomic E-state index is 15.2. The van der Waals surface area contributed by atoms with Gasteiger partial charge in [0, 0.05) is 43.1 Å². The summed E-state index contributed by atoms with van der Waals surface area (Å²) < 4.78 is 35.9. The Hall–Kier alpha value is -4.30. The largest absolute Gasteiger partial charge is 0.508 e. The topological polar surface area (TPSA) is 106 Å². The molecule has 11 heteroatoms. The minimum atomic E-state index is -0.900. The Kier molecular flexibility index (Phi) is 7.35. The number of anilines is 2. The molecule has 0 bridgehead atoms. The molecule has 3 atom stereocenters. The lowest BCUT2D eigenvalue weighted by Gasteiger charge is -2.31. The second-order valence-corrected chi connectivity index (χ2v) is 12.9. The first kappa shape index (κ1) is 29.4. The summed E-state index contributed by atoms with van der Waals surface area (Å²) in [5.74, 6) is -0.752. The van der Waals surface area contributed by atoms with Crippen molar-refractivity contribution in [2.24, 2.45) is 5.92 Å². The molecule has 45 heavy (non-hydrogen) atoms. The molecule has 234 valence electrons. The number of nitrogens with zero attached hydrogens (tertiary/aromatic N) is 6. The van der Waals surface area contributed by atoms with Crippen LogP contribution in [-0.4, -0.2) is 70.4 Å². The number of benzene rings is 2. The van der Waals surface area contributed by atoms with Gasteiger partial charge in [-0.3, -0.25) is 9.69 Å². The number of halogens is 2. The molecule has 1 amide bonds. The van der Waals surface area contributed by atoms with E-state index in [0.29, 0.717) is 65.2 Å². The van der Waals surface area contributed by atoms with Gasteiger partial charge >= 0.3 is 6.01 Å². The van der Waals surface area contributed by atoms with E-state index < -0.39 is 17.5 Å². The van der Waals surface area contributed by atoms with Crippen LogP contribution in [0.25, 0.3) is 16.3 Å². The molecule has 4 aliphatic heterocycles. The molecule has 3 fully saturated rings. The van der Waals surface area contributed by atoms with Crippen molar-refractivity contribution in [3.8, 4) is 17.8 Å². The highest BCUT2D eigenvalue weighted by molar-refractivity contribution is 6.17. The average molecular weight is 615 g/mol. The molecule has 7 rings (SSSR count). The molecule has 5 heterocycles. The van der Waals surface area contributed by atoms with Crippen molar-refractivity contribution < 1.29 is 23.4 Å². The summed E-state index contributed by atoms with van der Waals surface area (Å²) in [5.41, 5.74) is 1.44. The van der Waals surface area contributed by atoms with E-state index in [0.717, 1.165) is 38.6 Å². The van der Waals surface area contributed by atoms with Gasteiger partial charge in [-0.05, 0) is 62.2 Å². The number of fused-ring (bicyclic) bond motifs is 3. The lowest BCUT2D eigenvalue weighted by atomic mass is 9.95. The summed E-state index contributed by atoms with van der Waals surface area (Å²) in [4.78, 5) is 29.5. The highest BCUT2D eigenvalue weighted by atomic mass is 19.1. The first-order valence-electron chi connectivity index (χ1n) is 15.7. The molecule has 3 aromatic rings. The number of hydrogen-bond donors (Lipinski definition) is 1. The molecule has 3 saturated heterocycles. The van der Waals surface area contributed by atoms with Crippen LogP contribution >= 0.6 is 0 Å². The van der Waals surface area contributed by atoms with E-state index in [4.69, 9.17) is 14.7 Å². The fourth-order valence-corrected chi connectivity index (χ4v) is 7.77. The Labute approximate surface area is 260 Å². The van der Waals surface area contributed by atoms with Gasteiger partial charge in [0.1, 0.15) is 35.7 Å². The zero-order valence-electron chi connectivity index (χ0n) is 25.4. The van der Waals surface area contributed by atoms with E-state index >= 15 is 4.39 Å². The van der Waals surface area contributed by atoms with E-state index in [-0.39, 0.29) is 42.3 Å². The van der Waals surface area contributed by atoms with E-state index in [9.17, 15) is 19.6 Å². The van der Waals surface area contributed by atoms with Gasteiger partial charge in [-0.2, -0.15) is 15.2 Å². The fourth-order valence-electron chi connectivity index (χ4n) is 7.77. The van der Waals surface area contributed by atoms with E-state index in [2.05, 4.69) is 17.5 Å². The first-order chi connectivity index (χ1) is 21.7. The maximum atomic E-state index is 15.2. The number of phenolic OH excluding ortho intramolecular Hbond substituents is 1. The number of nitriles is 1. The quantitative estimate of drug-likeness (QED) is 0.374. The Morgan fingerprint density at radius 2 is 2.07 bits per heavy atom. The highest BCUT2D eigenvalue weighted by Crippen LogP contribution is 2.43. The van der Waals surface area contributed by atoms with Crippen LogP contribution in [0.4, 0.5) is 20.3 Å². The Bertz CT molecular complexity index is 1760. The normalized spacial score (nSPS) is 24.9. The van der Waals surface area contributed by atoms with Gasteiger partial charge in [0.2, 0.25) is 0 Å². The van der Waals surface area contributed by atoms with Crippen molar-refractivity contribution in [2.45, 2.75) is 63.7 Å². The zero-order chi connectivity index (χ0) is 31.5. The SMILES string of the molecule is C=C(C)c1c(F)ccc2cc(O)cc(N3Cc4nc(OC[C@@]56CCCN5C[C@H](F)C6)nc(N5CCCCC(C#N)C5)c4C3=O)c12. The number of hydrogen-bond acceptors (Lipinski definition) is 8. The number of aromatic hydroxyl groups is 1. The van der Waals surface area contributed by atoms with Crippen LogP contribution in [0.1, 0.15) is 67.1 Å². The summed E-state index contributed by atoms with van der Waals surface area (Å²) in [6.45, 7) is 8.21. The van der Waals surface area contributed by atoms with Crippen molar-refractivity contribution in [3.05, 3.63) is 53.5 Å². The molecular formula is C34H36F2N6O3. The monoisotopic (exact) mass is 614 g/mol. The van der Waals surface area contributed by atoms with Gasteiger partial charge in [-0.1, -0.05) is 19.1 Å². The number of aromatic nitrogens is 2. The van der Waals surface area contributed by atoms with Gasteiger partial charge in [-0.15, -0.1) is 0 Å². The van der Waals surface area contributed by atoms with Gasteiger partial charge in [0.15, 0.2) is 0 Å². The summed E-state index contributed by atoms with van der Waals surface area (Å²) in [5, 5.41) is 21.5. The second-order valence-electron chi connectivity index (χ2n) is 12.9. The molecule has 0 aliphatic carbocycles. The van der Waals surface area contributed by atoms with Gasteiger partial charge in [0.05, 0.1) is 35.5 Å². The molecule has 1 unspecified atom stereocenters. The average Bonchev–Trinajstić information content (AvgIpc) is 3.57. The van der Waals surface area contributed by atoms with Crippen molar-refractivity contribution in [3.63, 3.8) is 0 Å². The van der Waals surface area contributed by atoms with Crippen LogP contribution in [-0.2, 0) is 6.54 Å². The zero-order valence-corrected chi connectivity index (χ0v) is 25.4. The molecule has 0 saturated carbocycles. The van der Waals surface area contributed by atoms with Crippen LogP contribution in [0.5, 0.6) is 11.8 Å². The summed E-state index contributed by atoms with van der Waals surface area (Å²) in [6, 6.07) is 8.38. The van der Waals surface area contributed by atoms with E-state index in [1.165, 1.54) is 23.1 Å². The van der Waals surface area contributed by atoms with Crippen molar-refractivity contribution in [1.29, 1.82) is 5.26 Å². The predicted octanol–water partition coefficient (Wildman–Crippen LogP) is 5.75. The van der Waals surface area contributed by atoms with Gasteiger partial charge in [-0.25, -0.2) is 8.78 Å². The summed E-state index contributed by atoms with van der Waals surface area (Å²) in [7, 11) is 0. The number of allylic oxidation sites excluding steroid dienone is 1. The number of amides is 1. The minimum absolute atomic E-state index is 0.0457. The molecule has 1 N–H and O–H groups in total. The minimum Gasteiger partial charge on any atom is -0.508 e. The number of carbonyl (C=O) groups is 1. The highest BCUT2D eigenvalue weighted by Gasteiger charge is 2.49. The molecule has 0 radical (unpaired) electrons. The number of phenols is 1. The number of rotatable bonds is 6. The van der Waals surface area contributed by atoms with Crippen LogP contribution in [0.3, 0.4) is 0 Å². The molecule has 9 nitrogen and oxygen atoms in total. The lowest BCUT2D eigenvalue weighted by Crippen LogP contribution is -2.43. The number of ether oxygens (including phenoxy) is 1. The van der Waals surface area contributed by atoms with E-state index in [1.54, 1.807) is 13.0 Å². The standard InChI is InChI=1S/C34H36F2N6O3/c1-20(2)28-25(36)8-7-22-12-24(43)13-27(29(22)28)42-18-26-30(32(42)44)31(40-10-4-3-6-21(15-37)16-40)39-33(38-26)45-19-34-9-5-11-41(34)17-23(35)14-34/h7-8,12-13,21,23,43H,1,3-6,9-11,14,16-19H2,2H3/t21?,23-,34+/m1/s1.